The van der Waals surface area contributed by atoms with Crippen molar-refractivity contribution >= 4 is 23.6 Å². The van der Waals surface area contributed by atoms with Gasteiger partial charge >= 0.3 is 0 Å². The number of carbonyl (C=O) groups excluding carboxylic acids is 2. The van der Waals surface area contributed by atoms with E-state index in [1.165, 1.54) is 17.0 Å². The molecule has 0 aliphatic carbocycles. The van der Waals surface area contributed by atoms with Crippen LogP contribution in [0.25, 0.3) is 6.08 Å². The number of benzene rings is 2. The van der Waals surface area contributed by atoms with E-state index in [4.69, 9.17) is 9.47 Å². The molecule has 0 saturated carbocycles. The van der Waals surface area contributed by atoms with Crippen LogP contribution in [0.2, 0.25) is 0 Å². The molecule has 1 N–H and O–H groups in total. The monoisotopic (exact) mass is 396 g/mol. The lowest BCUT2D eigenvalue weighted by Gasteiger charge is -2.30. The Bertz CT molecular complexity index is 953. The highest BCUT2D eigenvalue weighted by molar-refractivity contribution is 6.12. The van der Waals surface area contributed by atoms with Crippen LogP contribution < -0.4 is 15.0 Å². The molecule has 1 unspecified atom stereocenters. The number of ether oxygens (including phenoxy) is 2. The fourth-order valence-electron chi connectivity index (χ4n) is 3.39. The van der Waals surface area contributed by atoms with E-state index >= 15 is 0 Å². The van der Waals surface area contributed by atoms with E-state index in [0.717, 1.165) is 12.8 Å². The lowest BCUT2D eigenvalue weighted by atomic mass is 10.1. The van der Waals surface area contributed by atoms with Crippen molar-refractivity contribution in [2.45, 2.75) is 18.9 Å². The van der Waals surface area contributed by atoms with E-state index in [-0.39, 0.29) is 29.9 Å². The van der Waals surface area contributed by atoms with E-state index in [9.17, 15) is 14.0 Å². The molecule has 1 atom stereocenters. The molecular weight excluding hydrogens is 375 g/mol. The molecule has 0 radical (unpaired) electrons. The molecule has 2 aliphatic rings. The molecule has 6 nitrogen and oxygen atoms in total. The first-order valence-corrected chi connectivity index (χ1v) is 9.55. The summed E-state index contributed by atoms with van der Waals surface area (Å²) < 4.78 is 25.2. The summed E-state index contributed by atoms with van der Waals surface area (Å²) >= 11 is 0. The van der Waals surface area contributed by atoms with Gasteiger partial charge < -0.3 is 14.8 Å². The summed E-state index contributed by atoms with van der Waals surface area (Å²) in [6, 6.07) is 13.0. The number of fused-ring (bicyclic) bond motifs is 1. The summed E-state index contributed by atoms with van der Waals surface area (Å²) in [6.45, 7) is 0.956. The molecule has 2 aliphatic heterocycles. The Hall–Kier alpha value is -3.19. The number of rotatable bonds is 5. The zero-order valence-electron chi connectivity index (χ0n) is 15.8. The average molecular weight is 396 g/mol. The summed E-state index contributed by atoms with van der Waals surface area (Å²) in [7, 11) is 0. The normalized spacial score (nSPS) is 19.8. The number of nitrogens with one attached hydrogen (secondary N) is 1. The second-order valence-electron chi connectivity index (χ2n) is 6.93. The second kappa shape index (κ2) is 8.45. The van der Waals surface area contributed by atoms with Crippen molar-refractivity contribution in [1.29, 1.82) is 0 Å². The van der Waals surface area contributed by atoms with Gasteiger partial charge in [-0.15, -0.1) is 0 Å². The van der Waals surface area contributed by atoms with Gasteiger partial charge in [0.15, 0.2) is 11.5 Å². The Morgan fingerprint density at radius 3 is 2.79 bits per heavy atom. The van der Waals surface area contributed by atoms with E-state index < -0.39 is 11.7 Å². The second-order valence-corrected chi connectivity index (χ2v) is 6.93. The fraction of sp³-hybridized carbons (Fsp3) is 0.273. The molecule has 29 heavy (non-hydrogen) atoms. The highest BCUT2D eigenvalue weighted by Crippen LogP contribution is 2.35. The Morgan fingerprint density at radius 1 is 1.21 bits per heavy atom. The molecule has 2 amide bonds. The Kier molecular flexibility index (Phi) is 5.57. The van der Waals surface area contributed by atoms with Gasteiger partial charge in [-0.1, -0.05) is 30.3 Å². The van der Waals surface area contributed by atoms with Crippen LogP contribution in [-0.4, -0.2) is 37.6 Å². The standard InChI is InChI=1S/C22H21FN2O4/c23-17-8-2-1-6-15(17)12-20-22(27)25(18-9-3-4-10-19(18)29-20)14-21(26)24-13-16-7-5-11-28-16/h1-4,6,8-10,12,16H,5,7,11,13-14H2,(H,24,26)/b20-12-. The Labute approximate surface area is 167 Å². The third kappa shape index (κ3) is 4.30. The van der Waals surface area contributed by atoms with Gasteiger partial charge in [0.25, 0.3) is 5.91 Å². The van der Waals surface area contributed by atoms with Crippen molar-refractivity contribution in [2.75, 3.05) is 24.6 Å². The van der Waals surface area contributed by atoms with Crippen molar-refractivity contribution in [1.82, 2.24) is 5.32 Å². The zero-order valence-corrected chi connectivity index (χ0v) is 15.8. The minimum Gasteiger partial charge on any atom is -0.449 e. The molecule has 2 aromatic carbocycles. The number of para-hydroxylation sites is 2. The summed E-state index contributed by atoms with van der Waals surface area (Å²) in [6.07, 6.45) is 3.27. The smallest absolute Gasteiger partial charge is 0.294 e. The van der Waals surface area contributed by atoms with E-state index in [1.54, 1.807) is 42.5 Å². The topological polar surface area (TPSA) is 67.9 Å². The molecule has 4 rings (SSSR count). The summed E-state index contributed by atoms with van der Waals surface area (Å²) in [5, 5.41) is 2.82. The summed E-state index contributed by atoms with van der Waals surface area (Å²) in [5.41, 5.74) is 0.730. The number of hydrogen-bond donors (Lipinski definition) is 1. The first-order chi connectivity index (χ1) is 14.1. The molecular formula is C22H21FN2O4. The predicted molar refractivity (Wildman–Crippen MR) is 106 cm³/mol. The summed E-state index contributed by atoms with van der Waals surface area (Å²) in [5.74, 6) is -0.867. The number of nitrogens with zero attached hydrogens (tertiary/aromatic N) is 1. The quantitative estimate of drug-likeness (QED) is 0.790. The van der Waals surface area contributed by atoms with Gasteiger partial charge in [-0.3, -0.25) is 14.5 Å². The predicted octanol–water partition coefficient (Wildman–Crippen LogP) is 2.89. The maximum Gasteiger partial charge on any atom is 0.294 e. The van der Waals surface area contributed by atoms with Gasteiger partial charge in [0.1, 0.15) is 12.4 Å². The zero-order chi connectivity index (χ0) is 20.2. The van der Waals surface area contributed by atoms with Crippen LogP contribution in [0, 0.1) is 5.82 Å². The minimum atomic E-state index is -0.501. The van der Waals surface area contributed by atoms with Crippen molar-refractivity contribution in [3.05, 3.63) is 65.7 Å². The number of amides is 2. The van der Waals surface area contributed by atoms with Crippen LogP contribution in [0.15, 0.2) is 54.3 Å². The van der Waals surface area contributed by atoms with Gasteiger partial charge in [0, 0.05) is 18.7 Å². The highest BCUT2D eigenvalue weighted by atomic mass is 19.1. The number of carbonyl (C=O) groups is 2. The van der Waals surface area contributed by atoms with Gasteiger partial charge in [-0.05, 0) is 37.1 Å². The fourth-order valence-corrected chi connectivity index (χ4v) is 3.39. The van der Waals surface area contributed by atoms with Crippen molar-refractivity contribution in [3.63, 3.8) is 0 Å². The molecule has 2 heterocycles. The molecule has 7 heteroatoms. The van der Waals surface area contributed by atoms with Crippen molar-refractivity contribution < 1.29 is 23.5 Å². The first kappa shape index (κ1) is 19.1. The Morgan fingerprint density at radius 2 is 2.00 bits per heavy atom. The Balaban J connectivity index is 1.55. The van der Waals surface area contributed by atoms with E-state index in [0.29, 0.717) is 24.6 Å². The average Bonchev–Trinajstić information content (AvgIpc) is 3.25. The molecule has 0 bridgehead atoms. The third-order valence-corrected chi connectivity index (χ3v) is 4.88. The van der Waals surface area contributed by atoms with Gasteiger partial charge in [-0.25, -0.2) is 4.39 Å². The minimum absolute atomic E-state index is 0.0168. The molecule has 0 spiro atoms. The third-order valence-electron chi connectivity index (χ3n) is 4.88. The van der Waals surface area contributed by atoms with Gasteiger partial charge in [0.2, 0.25) is 5.91 Å². The number of hydrogen-bond acceptors (Lipinski definition) is 4. The van der Waals surface area contributed by atoms with Crippen molar-refractivity contribution in [2.24, 2.45) is 0 Å². The largest absolute Gasteiger partial charge is 0.449 e. The first-order valence-electron chi connectivity index (χ1n) is 9.55. The van der Waals surface area contributed by atoms with Gasteiger partial charge in [-0.2, -0.15) is 0 Å². The van der Waals surface area contributed by atoms with E-state index in [2.05, 4.69) is 5.32 Å². The van der Waals surface area contributed by atoms with Crippen molar-refractivity contribution in [3.8, 4) is 5.75 Å². The number of halogens is 1. The highest BCUT2D eigenvalue weighted by Gasteiger charge is 2.32. The van der Waals surface area contributed by atoms with Crippen LogP contribution in [0.5, 0.6) is 5.75 Å². The van der Waals surface area contributed by atoms with E-state index in [1.807, 2.05) is 0 Å². The van der Waals surface area contributed by atoms with Crippen LogP contribution in [0.1, 0.15) is 18.4 Å². The lowest BCUT2D eigenvalue weighted by molar-refractivity contribution is -0.123. The van der Waals surface area contributed by atoms with Gasteiger partial charge in [0.05, 0.1) is 11.8 Å². The molecule has 1 saturated heterocycles. The van der Waals surface area contributed by atoms with Crippen LogP contribution in [0.3, 0.4) is 0 Å². The molecule has 0 aromatic heterocycles. The summed E-state index contributed by atoms with van der Waals surface area (Å²) in [4.78, 5) is 26.8. The maximum atomic E-state index is 14.0. The SMILES string of the molecule is O=C(CN1C(=O)/C(=C/c2ccccc2F)Oc2ccccc21)NCC1CCCO1. The van der Waals surface area contributed by atoms with Crippen LogP contribution >= 0.6 is 0 Å². The molecule has 150 valence electrons. The number of anilines is 1. The van der Waals surface area contributed by atoms with Crippen LogP contribution in [0.4, 0.5) is 10.1 Å². The molecule has 1 fully saturated rings. The lowest BCUT2D eigenvalue weighted by Crippen LogP contribution is -2.45. The maximum absolute atomic E-state index is 14.0. The molecule has 2 aromatic rings. The van der Waals surface area contributed by atoms with Crippen LogP contribution in [-0.2, 0) is 14.3 Å².